The minimum absolute atomic E-state index is 0.0181. The molecule has 6 nitrogen and oxygen atoms in total. The molecular formula is C26H26ClN3O3S. The molecule has 0 atom stereocenters. The van der Waals surface area contributed by atoms with Crippen molar-refractivity contribution in [2.75, 3.05) is 35.8 Å². The third-order valence-corrected chi connectivity index (χ3v) is 7.38. The molecule has 0 radical (unpaired) electrons. The number of anilines is 2. The number of carbonyl (C=O) groups is 1. The van der Waals surface area contributed by atoms with Crippen molar-refractivity contribution >= 4 is 45.0 Å². The van der Waals surface area contributed by atoms with E-state index in [0.29, 0.717) is 36.9 Å². The van der Waals surface area contributed by atoms with Crippen LogP contribution in [0, 0.1) is 6.92 Å². The second kappa shape index (κ2) is 10.3. The van der Waals surface area contributed by atoms with Crippen LogP contribution in [0.15, 0.2) is 83.8 Å². The van der Waals surface area contributed by atoms with Crippen LogP contribution in [-0.2, 0) is 14.8 Å². The number of aryl methyl sites for hydroxylation is 1. The lowest BCUT2D eigenvalue weighted by Crippen LogP contribution is -2.48. The van der Waals surface area contributed by atoms with Gasteiger partial charge in [-0.15, -0.1) is 0 Å². The van der Waals surface area contributed by atoms with Gasteiger partial charge in [-0.1, -0.05) is 59.6 Å². The van der Waals surface area contributed by atoms with E-state index in [1.54, 1.807) is 42.5 Å². The summed E-state index contributed by atoms with van der Waals surface area (Å²) in [6, 6.07) is 21.5. The zero-order chi connectivity index (χ0) is 24.1. The first-order valence-electron chi connectivity index (χ1n) is 11.0. The van der Waals surface area contributed by atoms with E-state index in [0.717, 1.165) is 16.8 Å². The van der Waals surface area contributed by atoms with Crippen molar-refractivity contribution in [2.45, 2.75) is 11.8 Å². The predicted octanol–water partition coefficient (Wildman–Crippen LogP) is 4.81. The number of hydrogen-bond donors (Lipinski definition) is 1. The predicted molar refractivity (Wildman–Crippen MR) is 138 cm³/mol. The molecule has 1 heterocycles. The molecule has 3 aromatic rings. The molecule has 1 N–H and O–H groups in total. The van der Waals surface area contributed by atoms with Crippen LogP contribution in [0.3, 0.4) is 0 Å². The van der Waals surface area contributed by atoms with Crippen molar-refractivity contribution < 1.29 is 13.2 Å². The normalized spacial score (nSPS) is 14.4. The molecule has 3 aromatic carbocycles. The second-order valence-corrected chi connectivity index (χ2v) is 10.2. The molecule has 0 spiro atoms. The monoisotopic (exact) mass is 495 g/mol. The summed E-state index contributed by atoms with van der Waals surface area (Å²) in [6.45, 7) is 4.34. The summed E-state index contributed by atoms with van der Waals surface area (Å²) in [5.74, 6) is -0.0181. The quantitative estimate of drug-likeness (QED) is 0.498. The molecule has 1 fully saturated rings. The van der Waals surface area contributed by atoms with Crippen molar-refractivity contribution in [3.8, 4) is 0 Å². The maximum atomic E-state index is 12.6. The molecule has 4 rings (SSSR count). The van der Waals surface area contributed by atoms with Crippen LogP contribution < -0.4 is 9.62 Å². The maximum Gasteiger partial charge on any atom is 0.261 e. The van der Waals surface area contributed by atoms with Crippen molar-refractivity contribution in [1.82, 2.24) is 4.90 Å². The smallest absolute Gasteiger partial charge is 0.261 e. The highest BCUT2D eigenvalue weighted by Crippen LogP contribution is 2.30. The Kier molecular flexibility index (Phi) is 7.24. The summed E-state index contributed by atoms with van der Waals surface area (Å²) in [5.41, 5.74) is 3.18. The number of piperazine rings is 1. The number of sulfonamides is 1. The average molecular weight is 496 g/mol. The second-order valence-electron chi connectivity index (χ2n) is 8.14. The van der Waals surface area contributed by atoms with E-state index in [-0.39, 0.29) is 10.8 Å². The van der Waals surface area contributed by atoms with Crippen molar-refractivity contribution in [3.63, 3.8) is 0 Å². The van der Waals surface area contributed by atoms with E-state index in [4.69, 9.17) is 11.6 Å². The number of halogens is 1. The summed E-state index contributed by atoms with van der Waals surface area (Å²) in [7, 11) is -3.70. The van der Waals surface area contributed by atoms with E-state index in [9.17, 15) is 13.2 Å². The summed E-state index contributed by atoms with van der Waals surface area (Å²) < 4.78 is 27.9. The first kappa shape index (κ1) is 23.9. The van der Waals surface area contributed by atoms with Crippen molar-refractivity contribution in [1.29, 1.82) is 0 Å². The third kappa shape index (κ3) is 5.79. The Hall–Kier alpha value is -3.29. The van der Waals surface area contributed by atoms with Crippen LogP contribution in [0.25, 0.3) is 6.08 Å². The highest BCUT2D eigenvalue weighted by Gasteiger charge is 2.22. The molecule has 1 aliphatic rings. The summed E-state index contributed by atoms with van der Waals surface area (Å²) >= 11 is 6.51. The molecular weight excluding hydrogens is 470 g/mol. The van der Waals surface area contributed by atoms with Gasteiger partial charge in [-0.3, -0.25) is 9.52 Å². The van der Waals surface area contributed by atoms with Gasteiger partial charge in [-0.2, -0.15) is 0 Å². The van der Waals surface area contributed by atoms with Gasteiger partial charge in [0, 0.05) is 32.3 Å². The average Bonchev–Trinajstić information content (AvgIpc) is 2.83. The van der Waals surface area contributed by atoms with Gasteiger partial charge in [-0.05, 0) is 48.9 Å². The van der Waals surface area contributed by atoms with Crippen LogP contribution in [0.1, 0.15) is 11.1 Å². The number of hydrogen-bond acceptors (Lipinski definition) is 4. The van der Waals surface area contributed by atoms with E-state index in [1.165, 1.54) is 0 Å². The number of amides is 1. The molecule has 1 aliphatic heterocycles. The van der Waals surface area contributed by atoms with Crippen molar-refractivity contribution in [3.05, 3.63) is 95.0 Å². The lowest BCUT2D eigenvalue weighted by molar-refractivity contribution is -0.126. The lowest BCUT2D eigenvalue weighted by atomic mass is 10.2. The zero-order valence-electron chi connectivity index (χ0n) is 18.8. The first-order valence-corrected chi connectivity index (χ1v) is 12.8. The lowest BCUT2D eigenvalue weighted by Gasteiger charge is -2.36. The molecule has 0 unspecified atom stereocenters. The van der Waals surface area contributed by atoms with Gasteiger partial charge in [0.05, 0.1) is 21.3 Å². The number of nitrogens with one attached hydrogen (secondary N) is 1. The number of rotatable bonds is 6. The van der Waals surface area contributed by atoms with Crippen LogP contribution >= 0.6 is 11.6 Å². The summed E-state index contributed by atoms with van der Waals surface area (Å²) in [5, 5.41) is 0.452. The van der Waals surface area contributed by atoms with Crippen LogP contribution in [0.4, 0.5) is 11.4 Å². The van der Waals surface area contributed by atoms with Crippen LogP contribution in [-0.4, -0.2) is 45.4 Å². The molecule has 1 amide bonds. The minimum atomic E-state index is -3.70. The Bertz CT molecular complexity index is 1280. The van der Waals surface area contributed by atoms with Gasteiger partial charge in [0.1, 0.15) is 0 Å². The van der Waals surface area contributed by atoms with Gasteiger partial charge in [0.2, 0.25) is 5.91 Å². The number of nitrogens with zero attached hydrogens (tertiary/aromatic N) is 2. The van der Waals surface area contributed by atoms with E-state index >= 15 is 0 Å². The fourth-order valence-electron chi connectivity index (χ4n) is 3.76. The SMILES string of the molecule is Cc1ccc(S(=O)(=O)Nc2ccc(N3CCN(C(=O)C=Cc4ccccc4)CC3)c(Cl)c2)cc1. The fourth-order valence-corrected chi connectivity index (χ4v) is 5.11. The van der Waals surface area contributed by atoms with Crippen molar-refractivity contribution in [2.24, 2.45) is 0 Å². The summed E-state index contributed by atoms with van der Waals surface area (Å²) in [6.07, 6.45) is 3.43. The number of benzene rings is 3. The van der Waals surface area contributed by atoms with E-state index in [2.05, 4.69) is 9.62 Å². The minimum Gasteiger partial charge on any atom is -0.367 e. The molecule has 0 bridgehead atoms. The Morgan fingerprint density at radius 2 is 1.62 bits per heavy atom. The van der Waals surface area contributed by atoms with Gasteiger partial charge < -0.3 is 9.80 Å². The molecule has 0 saturated carbocycles. The third-order valence-electron chi connectivity index (χ3n) is 5.68. The molecule has 0 aliphatic carbocycles. The highest BCUT2D eigenvalue weighted by molar-refractivity contribution is 7.92. The van der Waals surface area contributed by atoms with Crippen LogP contribution in [0.2, 0.25) is 5.02 Å². The molecule has 1 saturated heterocycles. The Balaban J connectivity index is 1.37. The Morgan fingerprint density at radius 1 is 0.941 bits per heavy atom. The molecule has 176 valence electrons. The highest BCUT2D eigenvalue weighted by atomic mass is 35.5. The zero-order valence-corrected chi connectivity index (χ0v) is 20.4. The number of carbonyl (C=O) groups excluding carboxylic acids is 1. The standard InChI is InChI=1S/C26H26ClN3O3S/c1-20-7-11-23(12-8-20)34(32,33)28-22-10-13-25(24(27)19-22)29-15-17-30(18-16-29)26(31)14-9-21-5-3-2-4-6-21/h2-14,19,28H,15-18H2,1H3. The first-order chi connectivity index (χ1) is 16.3. The molecule has 0 aromatic heterocycles. The molecule has 34 heavy (non-hydrogen) atoms. The van der Waals surface area contributed by atoms with Gasteiger partial charge in [0.15, 0.2) is 0 Å². The van der Waals surface area contributed by atoms with E-state index in [1.807, 2.05) is 54.3 Å². The largest absolute Gasteiger partial charge is 0.367 e. The topological polar surface area (TPSA) is 69.7 Å². The Labute approximate surface area is 205 Å². The Morgan fingerprint density at radius 3 is 2.26 bits per heavy atom. The van der Waals surface area contributed by atoms with Gasteiger partial charge >= 0.3 is 0 Å². The van der Waals surface area contributed by atoms with Gasteiger partial charge in [-0.25, -0.2) is 8.42 Å². The van der Waals surface area contributed by atoms with Crippen LogP contribution in [0.5, 0.6) is 0 Å². The van der Waals surface area contributed by atoms with E-state index < -0.39 is 10.0 Å². The maximum absolute atomic E-state index is 12.6. The summed E-state index contributed by atoms with van der Waals surface area (Å²) in [4.78, 5) is 16.6. The molecule has 8 heteroatoms. The fraction of sp³-hybridized carbons (Fsp3) is 0.192. The van der Waals surface area contributed by atoms with Gasteiger partial charge in [0.25, 0.3) is 10.0 Å².